The standard InChI is InChI=1S/C8H16N2O/c1-3-10(2)7(11)8(9)5-4-6-8/h3-6,9H2,1-2H3. The van der Waals surface area contributed by atoms with Crippen LogP contribution in [0.25, 0.3) is 0 Å². The fourth-order valence-corrected chi connectivity index (χ4v) is 1.30. The summed E-state index contributed by atoms with van der Waals surface area (Å²) in [6.07, 6.45) is 2.81. The first-order chi connectivity index (χ1) is 5.10. The summed E-state index contributed by atoms with van der Waals surface area (Å²) in [5.74, 6) is 0.103. The Hall–Kier alpha value is -0.570. The molecule has 1 saturated carbocycles. The van der Waals surface area contributed by atoms with Crippen LogP contribution < -0.4 is 5.73 Å². The van der Waals surface area contributed by atoms with Gasteiger partial charge in [0.15, 0.2) is 0 Å². The Morgan fingerprint density at radius 1 is 1.64 bits per heavy atom. The summed E-state index contributed by atoms with van der Waals surface area (Å²) in [5.41, 5.74) is 5.32. The second-order valence-corrected chi connectivity index (χ2v) is 3.33. The number of nitrogens with two attached hydrogens (primary N) is 1. The van der Waals surface area contributed by atoms with Crippen molar-refractivity contribution in [1.82, 2.24) is 4.90 Å². The van der Waals surface area contributed by atoms with Gasteiger partial charge in [-0.15, -0.1) is 0 Å². The van der Waals surface area contributed by atoms with Gasteiger partial charge < -0.3 is 10.6 Å². The molecule has 0 aromatic rings. The van der Waals surface area contributed by atoms with Crippen molar-refractivity contribution in [2.24, 2.45) is 5.73 Å². The zero-order valence-electron chi connectivity index (χ0n) is 7.26. The second kappa shape index (κ2) is 2.81. The lowest BCUT2D eigenvalue weighted by Gasteiger charge is -2.38. The van der Waals surface area contributed by atoms with E-state index in [0.29, 0.717) is 0 Å². The van der Waals surface area contributed by atoms with Gasteiger partial charge in [-0.25, -0.2) is 0 Å². The topological polar surface area (TPSA) is 46.3 Å². The van der Waals surface area contributed by atoms with Crippen molar-refractivity contribution < 1.29 is 4.79 Å². The smallest absolute Gasteiger partial charge is 0.242 e. The van der Waals surface area contributed by atoms with Crippen molar-refractivity contribution in [1.29, 1.82) is 0 Å². The number of carbonyl (C=O) groups is 1. The van der Waals surface area contributed by atoms with Crippen molar-refractivity contribution in [3.05, 3.63) is 0 Å². The zero-order valence-corrected chi connectivity index (χ0v) is 7.26. The van der Waals surface area contributed by atoms with Gasteiger partial charge in [-0.3, -0.25) is 4.79 Å². The highest BCUT2D eigenvalue weighted by molar-refractivity contribution is 5.86. The molecule has 0 saturated heterocycles. The lowest BCUT2D eigenvalue weighted by molar-refractivity contribution is -0.138. The number of likely N-dealkylation sites (N-methyl/N-ethyl adjacent to an activating group) is 1. The molecule has 0 bridgehead atoms. The van der Waals surface area contributed by atoms with Gasteiger partial charge in [0.25, 0.3) is 0 Å². The maximum atomic E-state index is 11.5. The van der Waals surface area contributed by atoms with E-state index < -0.39 is 5.54 Å². The fraction of sp³-hybridized carbons (Fsp3) is 0.875. The molecule has 0 radical (unpaired) electrons. The number of hydrogen-bond acceptors (Lipinski definition) is 2. The van der Waals surface area contributed by atoms with Crippen LogP contribution in [0, 0.1) is 0 Å². The molecule has 0 aromatic carbocycles. The maximum Gasteiger partial charge on any atom is 0.242 e. The molecular formula is C8H16N2O. The molecule has 3 heteroatoms. The molecule has 1 amide bonds. The van der Waals surface area contributed by atoms with Crippen LogP contribution in [0.3, 0.4) is 0 Å². The van der Waals surface area contributed by atoms with Gasteiger partial charge in [0.2, 0.25) is 5.91 Å². The van der Waals surface area contributed by atoms with Gasteiger partial charge in [-0.1, -0.05) is 0 Å². The van der Waals surface area contributed by atoms with Gasteiger partial charge in [-0.2, -0.15) is 0 Å². The summed E-state index contributed by atoms with van der Waals surface area (Å²) in [6, 6.07) is 0. The van der Waals surface area contributed by atoms with E-state index in [1.54, 1.807) is 11.9 Å². The van der Waals surface area contributed by atoms with E-state index in [4.69, 9.17) is 5.73 Å². The van der Waals surface area contributed by atoms with Crippen molar-refractivity contribution >= 4 is 5.91 Å². The van der Waals surface area contributed by atoms with Crippen LogP contribution in [0.5, 0.6) is 0 Å². The lowest BCUT2D eigenvalue weighted by Crippen LogP contribution is -2.58. The normalized spacial score (nSPS) is 20.6. The second-order valence-electron chi connectivity index (χ2n) is 3.33. The molecule has 2 N–H and O–H groups in total. The van der Waals surface area contributed by atoms with Crippen molar-refractivity contribution in [2.75, 3.05) is 13.6 Å². The van der Waals surface area contributed by atoms with E-state index >= 15 is 0 Å². The highest BCUT2D eigenvalue weighted by Gasteiger charge is 2.41. The summed E-state index contributed by atoms with van der Waals surface area (Å²) in [6.45, 7) is 2.71. The van der Waals surface area contributed by atoms with E-state index in [-0.39, 0.29) is 5.91 Å². The number of rotatable bonds is 2. The van der Waals surface area contributed by atoms with Crippen LogP contribution in [0.15, 0.2) is 0 Å². The first-order valence-electron chi connectivity index (χ1n) is 4.14. The van der Waals surface area contributed by atoms with Gasteiger partial charge in [0.05, 0.1) is 5.54 Å². The predicted octanol–water partition coefficient (Wildman–Crippen LogP) is 0.346. The molecule has 0 aromatic heterocycles. The molecule has 64 valence electrons. The quantitative estimate of drug-likeness (QED) is 0.627. The molecule has 1 aliphatic carbocycles. The maximum absolute atomic E-state index is 11.5. The number of nitrogens with zero attached hydrogens (tertiary/aromatic N) is 1. The third-order valence-corrected chi connectivity index (χ3v) is 2.49. The van der Waals surface area contributed by atoms with E-state index in [2.05, 4.69) is 0 Å². The lowest BCUT2D eigenvalue weighted by atomic mass is 9.77. The van der Waals surface area contributed by atoms with E-state index in [1.807, 2.05) is 6.92 Å². The Balaban J connectivity index is 2.52. The van der Waals surface area contributed by atoms with Crippen molar-refractivity contribution in [3.8, 4) is 0 Å². The zero-order chi connectivity index (χ0) is 8.48. The van der Waals surface area contributed by atoms with Crippen molar-refractivity contribution in [2.45, 2.75) is 31.7 Å². The van der Waals surface area contributed by atoms with Gasteiger partial charge >= 0.3 is 0 Å². The molecule has 0 atom stereocenters. The van der Waals surface area contributed by atoms with Gasteiger partial charge in [0, 0.05) is 13.6 Å². The molecule has 1 rings (SSSR count). The summed E-state index contributed by atoms with van der Waals surface area (Å²) in [5, 5.41) is 0. The summed E-state index contributed by atoms with van der Waals surface area (Å²) >= 11 is 0. The summed E-state index contributed by atoms with van der Waals surface area (Å²) < 4.78 is 0. The summed E-state index contributed by atoms with van der Waals surface area (Å²) in [4.78, 5) is 13.2. The van der Waals surface area contributed by atoms with E-state index in [1.165, 1.54) is 0 Å². The van der Waals surface area contributed by atoms with Crippen molar-refractivity contribution in [3.63, 3.8) is 0 Å². The Labute approximate surface area is 67.5 Å². The van der Waals surface area contributed by atoms with Crippen LogP contribution in [-0.2, 0) is 4.79 Å². The fourth-order valence-electron chi connectivity index (χ4n) is 1.30. The Kier molecular flexibility index (Phi) is 2.18. The molecule has 1 fully saturated rings. The van der Waals surface area contributed by atoms with Crippen LogP contribution in [0.2, 0.25) is 0 Å². The Morgan fingerprint density at radius 3 is 2.45 bits per heavy atom. The average Bonchev–Trinajstić information content (AvgIpc) is 1.97. The number of amides is 1. The van der Waals surface area contributed by atoms with Crippen LogP contribution >= 0.6 is 0 Å². The third-order valence-electron chi connectivity index (χ3n) is 2.49. The molecule has 11 heavy (non-hydrogen) atoms. The SMILES string of the molecule is CCN(C)C(=O)C1(N)CCC1. The van der Waals surface area contributed by atoms with Crippen LogP contribution in [0.4, 0.5) is 0 Å². The van der Waals surface area contributed by atoms with E-state index in [9.17, 15) is 4.79 Å². The highest BCUT2D eigenvalue weighted by atomic mass is 16.2. The van der Waals surface area contributed by atoms with Crippen LogP contribution in [-0.4, -0.2) is 29.9 Å². The molecule has 1 aliphatic rings. The minimum Gasteiger partial charge on any atom is -0.344 e. The number of hydrogen-bond donors (Lipinski definition) is 1. The highest BCUT2D eigenvalue weighted by Crippen LogP contribution is 2.30. The molecule has 0 spiro atoms. The molecule has 0 unspecified atom stereocenters. The number of carbonyl (C=O) groups excluding carboxylic acids is 1. The Bertz CT molecular complexity index is 163. The van der Waals surface area contributed by atoms with Crippen LogP contribution in [0.1, 0.15) is 26.2 Å². The molecule has 0 aliphatic heterocycles. The third kappa shape index (κ3) is 1.38. The minimum absolute atomic E-state index is 0.103. The largest absolute Gasteiger partial charge is 0.344 e. The minimum atomic E-state index is -0.509. The molecule has 0 heterocycles. The first kappa shape index (κ1) is 8.53. The van der Waals surface area contributed by atoms with E-state index in [0.717, 1.165) is 25.8 Å². The summed E-state index contributed by atoms with van der Waals surface area (Å²) in [7, 11) is 1.80. The van der Waals surface area contributed by atoms with Gasteiger partial charge in [0.1, 0.15) is 0 Å². The Morgan fingerprint density at radius 2 is 2.18 bits per heavy atom. The van der Waals surface area contributed by atoms with Gasteiger partial charge in [-0.05, 0) is 26.2 Å². The first-order valence-corrected chi connectivity index (χ1v) is 4.14. The predicted molar refractivity (Wildman–Crippen MR) is 44.1 cm³/mol. The molecular weight excluding hydrogens is 140 g/mol. The molecule has 3 nitrogen and oxygen atoms in total. The average molecular weight is 156 g/mol. The monoisotopic (exact) mass is 156 g/mol.